The summed E-state index contributed by atoms with van der Waals surface area (Å²) in [4.78, 5) is 27.0. The van der Waals surface area contributed by atoms with Crippen LogP contribution in [0.15, 0.2) is 0 Å². The SMILES string of the molecule is CCc1nnc(NC2CCC(=O)NC2=O)nc1CC. The van der Waals surface area contributed by atoms with Gasteiger partial charge in [0.05, 0.1) is 11.4 Å². The summed E-state index contributed by atoms with van der Waals surface area (Å²) in [5, 5.41) is 13.3. The normalized spacial score (nSPS) is 19.2. The molecule has 0 bridgehead atoms. The number of nitrogens with zero attached hydrogens (tertiary/aromatic N) is 3. The third-order valence-corrected chi connectivity index (χ3v) is 3.05. The Kier molecular flexibility index (Phi) is 4.03. The zero-order chi connectivity index (χ0) is 13.8. The van der Waals surface area contributed by atoms with Crippen LogP contribution in [0.25, 0.3) is 0 Å². The average molecular weight is 263 g/mol. The summed E-state index contributed by atoms with van der Waals surface area (Å²) in [6.07, 6.45) is 2.32. The van der Waals surface area contributed by atoms with E-state index in [0.29, 0.717) is 18.8 Å². The molecule has 0 spiro atoms. The van der Waals surface area contributed by atoms with Gasteiger partial charge in [0, 0.05) is 6.42 Å². The number of aromatic nitrogens is 3. The summed E-state index contributed by atoms with van der Waals surface area (Å²) in [5.74, 6) is -0.237. The maximum absolute atomic E-state index is 11.6. The number of aryl methyl sites for hydroxylation is 2. The Balaban J connectivity index is 2.11. The number of hydrogen-bond donors (Lipinski definition) is 2. The Hall–Kier alpha value is -2.05. The Morgan fingerprint density at radius 2 is 1.95 bits per heavy atom. The van der Waals surface area contributed by atoms with E-state index in [1.165, 1.54) is 0 Å². The van der Waals surface area contributed by atoms with Gasteiger partial charge in [0.1, 0.15) is 6.04 Å². The third-order valence-electron chi connectivity index (χ3n) is 3.05. The van der Waals surface area contributed by atoms with Crippen LogP contribution in [0.4, 0.5) is 5.95 Å². The molecule has 1 unspecified atom stereocenters. The molecule has 2 heterocycles. The van der Waals surface area contributed by atoms with E-state index in [0.717, 1.165) is 24.2 Å². The lowest BCUT2D eigenvalue weighted by Gasteiger charge is -2.21. The highest BCUT2D eigenvalue weighted by molar-refractivity contribution is 6.01. The zero-order valence-electron chi connectivity index (χ0n) is 11.1. The molecule has 102 valence electrons. The number of nitrogens with one attached hydrogen (secondary N) is 2. The van der Waals surface area contributed by atoms with Crippen molar-refractivity contribution >= 4 is 17.8 Å². The first-order valence-corrected chi connectivity index (χ1v) is 6.46. The van der Waals surface area contributed by atoms with Gasteiger partial charge < -0.3 is 5.32 Å². The van der Waals surface area contributed by atoms with Crippen molar-refractivity contribution in [2.45, 2.75) is 45.6 Å². The highest BCUT2D eigenvalue weighted by Gasteiger charge is 2.27. The number of piperidine rings is 1. The van der Waals surface area contributed by atoms with Gasteiger partial charge in [-0.1, -0.05) is 13.8 Å². The Labute approximate surface area is 111 Å². The maximum Gasteiger partial charge on any atom is 0.249 e. The molecule has 0 aliphatic carbocycles. The number of imide groups is 1. The van der Waals surface area contributed by atoms with E-state index in [2.05, 4.69) is 25.8 Å². The van der Waals surface area contributed by atoms with Crippen LogP contribution in [0.5, 0.6) is 0 Å². The van der Waals surface area contributed by atoms with Crippen molar-refractivity contribution in [1.82, 2.24) is 20.5 Å². The van der Waals surface area contributed by atoms with Gasteiger partial charge in [0.15, 0.2) is 0 Å². The summed E-state index contributed by atoms with van der Waals surface area (Å²) < 4.78 is 0. The van der Waals surface area contributed by atoms with Gasteiger partial charge in [-0.25, -0.2) is 4.98 Å². The standard InChI is InChI=1S/C12H17N5O2/c1-3-7-8(4-2)16-17-12(13-7)14-9-5-6-10(18)15-11(9)19/h9H,3-6H2,1-2H3,(H,13,14,17)(H,15,18,19). The molecule has 19 heavy (non-hydrogen) atoms. The molecular formula is C12H17N5O2. The Morgan fingerprint density at radius 3 is 2.58 bits per heavy atom. The number of amides is 2. The monoisotopic (exact) mass is 263 g/mol. The molecule has 0 radical (unpaired) electrons. The Morgan fingerprint density at radius 1 is 1.21 bits per heavy atom. The van der Waals surface area contributed by atoms with Crippen molar-refractivity contribution in [2.24, 2.45) is 0 Å². The number of rotatable bonds is 4. The van der Waals surface area contributed by atoms with Crippen molar-refractivity contribution in [1.29, 1.82) is 0 Å². The lowest BCUT2D eigenvalue weighted by molar-refractivity contribution is -0.133. The molecule has 2 rings (SSSR count). The highest BCUT2D eigenvalue weighted by Crippen LogP contribution is 2.11. The summed E-state index contributed by atoms with van der Waals surface area (Å²) in [6, 6.07) is -0.475. The average Bonchev–Trinajstić information content (AvgIpc) is 2.41. The molecule has 1 aliphatic rings. The molecular weight excluding hydrogens is 246 g/mol. The second-order valence-corrected chi connectivity index (χ2v) is 4.38. The lowest BCUT2D eigenvalue weighted by atomic mass is 10.1. The van der Waals surface area contributed by atoms with Crippen LogP contribution in [0.3, 0.4) is 0 Å². The van der Waals surface area contributed by atoms with Crippen LogP contribution in [0.2, 0.25) is 0 Å². The van der Waals surface area contributed by atoms with Crippen molar-refractivity contribution in [3.63, 3.8) is 0 Å². The van der Waals surface area contributed by atoms with E-state index >= 15 is 0 Å². The maximum atomic E-state index is 11.6. The van der Waals surface area contributed by atoms with Crippen LogP contribution in [-0.4, -0.2) is 33.0 Å². The predicted octanol–water partition coefficient (Wildman–Crippen LogP) is 0.213. The fraction of sp³-hybridized carbons (Fsp3) is 0.583. The topological polar surface area (TPSA) is 96.9 Å². The van der Waals surface area contributed by atoms with Gasteiger partial charge in [0.25, 0.3) is 0 Å². The van der Waals surface area contributed by atoms with Crippen LogP contribution in [-0.2, 0) is 22.4 Å². The van der Waals surface area contributed by atoms with Crippen molar-refractivity contribution < 1.29 is 9.59 Å². The minimum Gasteiger partial charge on any atom is -0.341 e. The van der Waals surface area contributed by atoms with Crippen molar-refractivity contribution in [2.75, 3.05) is 5.32 Å². The first kappa shape index (κ1) is 13.4. The molecule has 1 aromatic rings. The number of carbonyl (C=O) groups is 2. The summed E-state index contributed by atoms with van der Waals surface area (Å²) in [5.41, 5.74) is 1.75. The Bertz CT molecular complexity index is 503. The van der Waals surface area contributed by atoms with Gasteiger partial charge in [-0.2, -0.15) is 5.10 Å². The largest absolute Gasteiger partial charge is 0.341 e. The van der Waals surface area contributed by atoms with E-state index in [-0.39, 0.29) is 11.8 Å². The van der Waals surface area contributed by atoms with E-state index in [9.17, 15) is 9.59 Å². The van der Waals surface area contributed by atoms with Crippen molar-refractivity contribution in [3.8, 4) is 0 Å². The molecule has 1 aromatic heterocycles. The fourth-order valence-corrected chi connectivity index (χ4v) is 1.99. The van der Waals surface area contributed by atoms with Gasteiger partial charge in [-0.05, 0) is 19.3 Å². The van der Waals surface area contributed by atoms with Crippen LogP contribution in [0.1, 0.15) is 38.1 Å². The minimum atomic E-state index is -0.475. The van der Waals surface area contributed by atoms with Crippen molar-refractivity contribution in [3.05, 3.63) is 11.4 Å². The fourth-order valence-electron chi connectivity index (χ4n) is 1.99. The van der Waals surface area contributed by atoms with Gasteiger partial charge >= 0.3 is 0 Å². The summed E-state index contributed by atoms with van der Waals surface area (Å²) >= 11 is 0. The molecule has 1 aliphatic heterocycles. The highest BCUT2D eigenvalue weighted by atomic mass is 16.2. The minimum absolute atomic E-state index is 0.238. The smallest absolute Gasteiger partial charge is 0.249 e. The summed E-state index contributed by atoms with van der Waals surface area (Å²) in [7, 11) is 0. The lowest BCUT2D eigenvalue weighted by Crippen LogP contribution is -2.47. The molecule has 1 saturated heterocycles. The molecule has 0 saturated carbocycles. The quantitative estimate of drug-likeness (QED) is 0.754. The van der Waals surface area contributed by atoms with E-state index in [1.807, 2.05) is 13.8 Å². The van der Waals surface area contributed by atoms with Crippen LogP contribution < -0.4 is 10.6 Å². The predicted molar refractivity (Wildman–Crippen MR) is 68.4 cm³/mol. The number of anilines is 1. The van der Waals surface area contributed by atoms with E-state index in [1.54, 1.807) is 0 Å². The second kappa shape index (κ2) is 5.73. The van der Waals surface area contributed by atoms with Gasteiger partial charge in [-0.3, -0.25) is 14.9 Å². The molecule has 1 fully saturated rings. The second-order valence-electron chi connectivity index (χ2n) is 4.38. The molecule has 1 atom stereocenters. The molecule has 7 nitrogen and oxygen atoms in total. The molecule has 0 aromatic carbocycles. The summed E-state index contributed by atoms with van der Waals surface area (Å²) in [6.45, 7) is 4.00. The zero-order valence-corrected chi connectivity index (χ0v) is 11.1. The van der Waals surface area contributed by atoms with Crippen LogP contribution in [0, 0.1) is 0 Å². The molecule has 7 heteroatoms. The molecule has 2 N–H and O–H groups in total. The van der Waals surface area contributed by atoms with Gasteiger partial charge in [-0.15, -0.1) is 5.10 Å². The number of carbonyl (C=O) groups excluding carboxylic acids is 2. The molecule has 2 amide bonds. The van der Waals surface area contributed by atoms with Crippen LogP contribution >= 0.6 is 0 Å². The third kappa shape index (κ3) is 3.04. The first-order chi connectivity index (χ1) is 9.13. The first-order valence-electron chi connectivity index (χ1n) is 6.46. The van der Waals surface area contributed by atoms with Gasteiger partial charge in [0.2, 0.25) is 17.8 Å². The van der Waals surface area contributed by atoms with E-state index < -0.39 is 6.04 Å². The number of hydrogen-bond acceptors (Lipinski definition) is 6. The van der Waals surface area contributed by atoms with E-state index in [4.69, 9.17) is 0 Å².